The molecule has 0 saturated carbocycles. The Morgan fingerprint density at radius 1 is 1.04 bits per heavy atom. The number of Topliss-reactive ketones (excluding diaryl/α,β-unsaturated/α-hetero) is 1. The summed E-state index contributed by atoms with van der Waals surface area (Å²) >= 11 is 0. The van der Waals surface area contributed by atoms with E-state index in [0.29, 0.717) is 17.7 Å². The standard InChI is InChI=1S/C22H26O4/c1-16(23)22(2,3)26-20-14-8-17(9-15-20)6-4-5-7-21(25)18-10-12-19(24)13-11-18/h8-15,23-24H,1,4-7H2,2-3H3. The summed E-state index contributed by atoms with van der Waals surface area (Å²) < 4.78 is 5.72. The van der Waals surface area contributed by atoms with E-state index >= 15 is 0 Å². The Hall–Kier alpha value is -2.75. The quantitative estimate of drug-likeness (QED) is 0.368. The molecule has 0 aromatic heterocycles. The fourth-order valence-electron chi connectivity index (χ4n) is 2.48. The molecule has 2 aromatic rings. The summed E-state index contributed by atoms with van der Waals surface area (Å²) in [5.74, 6) is 0.928. The SMILES string of the molecule is C=C(O)C(C)(C)Oc1ccc(CCCCC(=O)c2ccc(O)cc2)cc1. The number of aliphatic hydroxyl groups excluding tert-OH is 1. The summed E-state index contributed by atoms with van der Waals surface area (Å²) in [5.41, 5.74) is 0.989. The highest BCUT2D eigenvalue weighted by Crippen LogP contribution is 2.23. The minimum atomic E-state index is -0.823. The van der Waals surface area contributed by atoms with Crippen LogP contribution in [0.4, 0.5) is 0 Å². The number of hydrogen-bond acceptors (Lipinski definition) is 4. The molecular weight excluding hydrogens is 328 g/mol. The zero-order valence-electron chi connectivity index (χ0n) is 15.4. The molecule has 0 spiro atoms. The van der Waals surface area contributed by atoms with Gasteiger partial charge in [0.2, 0.25) is 0 Å². The molecule has 0 aliphatic heterocycles. The van der Waals surface area contributed by atoms with Gasteiger partial charge in [0.05, 0.1) is 0 Å². The number of carbonyl (C=O) groups is 1. The van der Waals surface area contributed by atoms with Crippen molar-refractivity contribution < 1.29 is 19.7 Å². The van der Waals surface area contributed by atoms with Gasteiger partial charge in [0.1, 0.15) is 17.3 Å². The Kier molecular flexibility index (Phi) is 6.45. The lowest BCUT2D eigenvalue weighted by atomic mass is 10.0. The van der Waals surface area contributed by atoms with Gasteiger partial charge in [-0.05, 0) is 75.1 Å². The fraction of sp³-hybridized carbons (Fsp3) is 0.318. The van der Waals surface area contributed by atoms with Crippen LogP contribution in [0.25, 0.3) is 0 Å². The first-order valence-electron chi connectivity index (χ1n) is 8.76. The first-order chi connectivity index (χ1) is 12.3. The van der Waals surface area contributed by atoms with Crippen LogP contribution in [0, 0.1) is 0 Å². The molecule has 0 bridgehead atoms. The van der Waals surface area contributed by atoms with Gasteiger partial charge >= 0.3 is 0 Å². The first kappa shape index (κ1) is 19.6. The highest BCUT2D eigenvalue weighted by molar-refractivity contribution is 5.96. The largest absolute Gasteiger partial charge is 0.509 e. The first-order valence-corrected chi connectivity index (χ1v) is 8.76. The smallest absolute Gasteiger partial charge is 0.162 e. The molecule has 0 heterocycles. The number of unbranched alkanes of at least 4 members (excludes halogenated alkanes) is 1. The molecule has 2 N–H and O–H groups in total. The monoisotopic (exact) mass is 354 g/mol. The lowest BCUT2D eigenvalue weighted by Gasteiger charge is -2.25. The predicted octanol–water partition coefficient (Wildman–Crippen LogP) is 5.22. The molecule has 0 atom stereocenters. The Morgan fingerprint density at radius 2 is 1.65 bits per heavy atom. The number of carbonyl (C=O) groups excluding carboxylic acids is 1. The number of ketones is 1. The molecule has 26 heavy (non-hydrogen) atoms. The fourth-order valence-corrected chi connectivity index (χ4v) is 2.48. The van der Waals surface area contributed by atoms with Gasteiger partial charge in [-0.2, -0.15) is 0 Å². The van der Waals surface area contributed by atoms with Gasteiger partial charge in [0, 0.05) is 12.0 Å². The van der Waals surface area contributed by atoms with Gasteiger partial charge in [-0.1, -0.05) is 18.7 Å². The van der Waals surface area contributed by atoms with Crippen LogP contribution in [0.5, 0.6) is 11.5 Å². The second kappa shape index (κ2) is 8.56. The Morgan fingerprint density at radius 3 is 2.23 bits per heavy atom. The van der Waals surface area contributed by atoms with Gasteiger partial charge in [-0.25, -0.2) is 0 Å². The number of aromatic hydroxyl groups is 1. The van der Waals surface area contributed by atoms with E-state index in [0.717, 1.165) is 19.3 Å². The van der Waals surface area contributed by atoms with Crippen LogP contribution in [-0.4, -0.2) is 21.6 Å². The van der Waals surface area contributed by atoms with Crippen LogP contribution in [-0.2, 0) is 6.42 Å². The van der Waals surface area contributed by atoms with Crippen LogP contribution >= 0.6 is 0 Å². The zero-order valence-corrected chi connectivity index (χ0v) is 15.4. The number of phenols is 1. The number of rotatable bonds is 9. The molecule has 0 radical (unpaired) electrons. The number of ether oxygens (including phenoxy) is 1. The molecule has 4 heteroatoms. The van der Waals surface area contributed by atoms with Crippen molar-refractivity contribution in [2.75, 3.05) is 0 Å². The second-order valence-electron chi connectivity index (χ2n) is 6.88. The van der Waals surface area contributed by atoms with E-state index in [2.05, 4.69) is 6.58 Å². The minimum absolute atomic E-state index is 0.0140. The molecule has 0 fully saturated rings. The molecule has 4 nitrogen and oxygen atoms in total. The maximum Gasteiger partial charge on any atom is 0.162 e. The molecule has 0 aliphatic rings. The van der Waals surface area contributed by atoms with E-state index in [1.807, 2.05) is 24.3 Å². The van der Waals surface area contributed by atoms with Gasteiger partial charge in [0.15, 0.2) is 11.4 Å². The molecule has 2 rings (SSSR count). The van der Waals surface area contributed by atoms with Gasteiger partial charge in [-0.3, -0.25) is 4.79 Å². The van der Waals surface area contributed by atoms with E-state index in [1.165, 1.54) is 17.7 Å². The van der Waals surface area contributed by atoms with Gasteiger partial charge < -0.3 is 14.9 Å². The van der Waals surface area contributed by atoms with Crippen LogP contribution in [0.2, 0.25) is 0 Å². The highest BCUT2D eigenvalue weighted by Gasteiger charge is 2.23. The van der Waals surface area contributed by atoms with Crippen molar-refractivity contribution in [3.8, 4) is 11.5 Å². The maximum atomic E-state index is 12.1. The van der Waals surface area contributed by atoms with Crippen LogP contribution in [0.3, 0.4) is 0 Å². The van der Waals surface area contributed by atoms with Gasteiger partial charge in [-0.15, -0.1) is 0 Å². The summed E-state index contributed by atoms with van der Waals surface area (Å²) in [6.45, 7) is 7.04. The number of aryl methyl sites for hydroxylation is 1. The molecular formula is C22H26O4. The Labute approximate surface area is 154 Å². The Bertz CT molecular complexity index is 743. The highest BCUT2D eigenvalue weighted by atomic mass is 16.5. The minimum Gasteiger partial charge on any atom is -0.509 e. The molecule has 138 valence electrons. The second-order valence-corrected chi connectivity index (χ2v) is 6.88. The predicted molar refractivity (Wildman–Crippen MR) is 103 cm³/mol. The lowest BCUT2D eigenvalue weighted by Crippen LogP contribution is -2.30. The summed E-state index contributed by atoms with van der Waals surface area (Å²) in [5, 5.41) is 18.8. The van der Waals surface area contributed by atoms with Crippen molar-refractivity contribution in [3.63, 3.8) is 0 Å². The average Bonchev–Trinajstić information content (AvgIpc) is 2.60. The van der Waals surface area contributed by atoms with Crippen molar-refractivity contribution in [3.05, 3.63) is 72.0 Å². The van der Waals surface area contributed by atoms with Crippen LogP contribution in [0.1, 0.15) is 49.0 Å². The Balaban J connectivity index is 1.77. The van der Waals surface area contributed by atoms with E-state index in [-0.39, 0.29) is 17.3 Å². The summed E-state index contributed by atoms with van der Waals surface area (Å²) in [6.07, 6.45) is 3.12. The van der Waals surface area contributed by atoms with Crippen molar-refractivity contribution in [2.24, 2.45) is 0 Å². The van der Waals surface area contributed by atoms with E-state index in [9.17, 15) is 15.0 Å². The van der Waals surface area contributed by atoms with Crippen molar-refractivity contribution in [1.29, 1.82) is 0 Å². The number of phenolic OH excluding ortho intramolecular Hbond substituents is 1. The van der Waals surface area contributed by atoms with Gasteiger partial charge in [0.25, 0.3) is 0 Å². The van der Waals surface area contributed by atoms with Crippen molar-refractivity contribution in [1.82, 2.24) is 0 Å². The van der Waals surface area contributed by atoms with Crippen molar-refractivity contribution in [2.45, 2.75) is 45.1 Å². The molecule has 2 aromatic carbocycles. The molecule has 0 saturated heterocycles. The lowest BCUT2D eigenvalue weighted by molar-refractivity contribution is 0.0973. The molecule has 0 amide bonds. The van der Waals surface area contributed by atoms with E-state index in [1.54, 1.807) is 26.0 Å². The van der Waals surface area contributed by atoms with E-state index < -0.39 is 5.60 Å². The van der Waals surface area contributed by atoms with Crippen LogP contribution < -0.4 is 4.74 Å². The number of hydrogen-bond donors (Lipinski definition) is 2. The van der Waals surface area contributed by atoms with Crippen molar-refractivity contribution >= 4 is 5.78 Å². The summed E-state index contributed by atoms with van der Waals surface area (Å²) in [4.78, 5) is 12.1. The van der Waals surface area contributed by atoms with Crippen LogP contribution in [0.15, 0.2) is 60.9 Å². The zero-order chi connectivity index (χ0) is 19.2. The molecule has 0 unspecified atom stereocenters. The number of aliphatic hydroxyl groups is 1. The summed E-state index contributed by atoms with van der Waals surface area (Å²) in [6, 6.07) is 14.1. The summed E-state index contributed by atoms with van der Waals surface area (Å²) in [7, 11) is 0. The normalized spacial score (nSPS) is 11.2. The topological polar surface area (TPSA) is 66.8 Å². The third-order valence-corrected chi connectivity index (χ3v) is 4.30. The number of benzene rings is 2. The average molecular weight is 354 g/mol. The third-order valence-electron chi connectivity index (χ3n) is 4.30. The third kappa shape index (κ3) is 5.66. The maximum absolute atomic E-state index is 12.1. The van der Waals surface area contributed by atoms with E-state index in [4.69, 9.17) is 4.74 Å². The molecule has 0 aliphatic carbocycles.